The Morgan fingerprint density at radius 3 is 2.43 bits per heavy atom. The number of aromatic nitrogens is 1. The van der Waals surface area contributed by atoms with Crippen LogP contribution in [0.3, 0.4) is 0 Å². The Balaban J connectivity index is 2.23. The lowest BCUT2D eigenvalue weighted by Crippen LogP contribution is -2.10. The predicted molar refractivity (Wildman–Crippen MR) is 90.2 cm³/mol. The van der Waals surface area contributed by atoms with E-state index < -0.39 is 5.97 Å². The number of ether oxygens (including phenoxy) is 1. The normalized spacial score (nSPS) is 10.8. The molecule has 0 atom stereocenters. The highest BCUT2D eigenvalue weighted by Crippen LogP contribution is 2.25. The smallest absolute Gasteiger partial charge is 0.341 e. The van der Waals surface area contributed by atoms with E-state index in [9.17, 15) is 4.79 Å². The summed E-state index contributed by atoms with van der Waals surface area (Å²) in [4.78, 5) is 15.0. The van der Waals surface area contributed by atoms with E-state index in [1.165, 1.54) is 11.1 Å². The number of hydrogen-bond donors (Lipinski definition) is 1. The molecule has 2 rings (SSSR count). The van der Waals surface area contributed by atoms with Crippen molar-refractivity contribution in [2.45, 2.75) is 40.0 Å². The molecule has 0 aliphatic rings. The molecule has 0 bridgehead atoms. The van der Waals surface area contributed by atoms with E-state index in [4.69, 9.17) is 9.84 Å². The number of pyridine rings is 1. The van der Waals surface area contributed by atoms with Crippen LogP contribution in [0, 0.1) is 13.8 Å². The number of hydrogen-bond acceptors (Lipinski definition) is 3. The summed E-state index contributed by atoms with van der Waals surface area (Å²) in [5.41, 5.74) is 5.78. The van der Waals surface area contributed by atoms with Crippen LogP contribution in [-0.2, 0) is 11.2 Å². The van der Waals surface area contributed by atoms with E-state index in [1.807, 2.05) is 38.2 Å². The zero-order chi connectivity index (χ0) is 17.0. The van der Waals surface area contributed by atoms with Gasteiger partial charge in [-0.05, 0) is 72.7 Å². The van der Waals surface area contributed by atoms with Gasteiger partial charge in [0.25, 0.3) is 0 Å². The molecule has 1 heterocycles. The van der Waals surface area contributed by atoms with E-state index in [0.717, 1.165) is 23.2 Å². The minimum Gasteiger partial charge on any atom is -0.482 e. The zero-order valence-electron chi connectivity index (χ0n) is 14.1. The summed E-state index contributed by atoms with van der Waals surface area (Å²) in [5.74, 6) is 0.0371. The Hall–Kier alpha value is -2.36. The fourth-order valence-electron chi connectivity index (χ4n) is 2.59. The molecular weight excluding hydrogens is 290 g/mol. The molecule has 2 aromatic rings. The first kappa shape index (κ1) is 17.0. The Morgan fingerprint density at radius 2 is 1.87 bits per heavy atom. The van der Waals surface area contributed by atoms with Crippen LogP contribution in [0.15, 0.2) is 30.5 Å². The van der Waals surface area contributed by atoms with Crippen molar-refractivity contribution in [3.8, 4) is 5.75 Å². The van der Waals surface area contributed by atoms with E-state index >= 15 is 0 Å². The lowest BCUT2D eigenvalue weighted by molar-refractivity contribution is -0.139. The largest absolute Gasteiger partial charge is 0.482 e. The summed E-state index contributed by atoms with van der Waals surface area (Å²) in [6.45, 7) is 8.01. The van der Waals surface area contributed by atoms with E-state index in [-0.39, 0.29) is 6.61 Å². The first-order valence-corrected chi connectivity index (χ1v) is 7.76. The van der Waals surface area contributed by atoms with Gasteiger partial charge in [-0.3, -0.25) is 4.98 Å². The summed E-state index contributed by atoms with van der Waals surface area (Å²) in [6, 6.07) is 7.99. The van der Waals surface area contributed by atoms with Crippen LogP contribution in [0.2, 0.25) is 0 Å². The standard InChI is InChI=1S/C19H23NO3/c1-12(2)18-10-15(5-6-20-18)9-17-13(3)7-16(8-14(17)4)23-11-19(21)22/h5-8,10,12H,9,11H2,1-4H3,(H,21,22). The van der Waals surface area contributed by atoms with Crippen LogP contribution in [0.5, 0.6) is 5.75 Å². The molecule has 0 fully saturated rings. The molecule has 1 aromatic carbocycles. The van der Waals surface area contributed by atoms with Crippen LogP contribution in [0.4, 0.5) is 0 Å². The van der Waals surface area contributed by atoms with Crippen molar-refractivity contribution in [1.29, 1.82) is 0 Å². The van der Waals surface area contributed by atoms with Gasteiger partial charge in [-0.2, -0.15) is 0 Å². The molecule has 0 unspecified atom stereocenters. The fraction of sp³-hybridized carbons (Fsp3) is 0.368. The number of carbonyl (C=O) groups is 1. The van der Waals surface area contributed by atoms with Gasteiger partial charge in [0, 0.05) is 11.9 Å². The van der Waals surface area contributed by atoms with E-state index in [0.29, 0.717) is 11.7 Å². The summed E-state index contributed by atoms with van der Waals surface area (Å²) in [5, 5.41) is 8.70. The molecule has 122 valence electrons. The van der Waals surface area contributed by atoms with Gasteiger partial charge in [-0.15, -0.1) is 0 Å². The van der Waals surface area contributed by atoms with Crippen LogP contribution < -0.4 is 4.74 Å². The zero-order valence-corrected chi connectivity index (χ0v) is 14.1. The maximum absolute atomic E-state index is 10.6. The van der Waals surface area contributed by atoms with Gasteiger partial charge in [-0.1, -0.05) is 13.8 Å². The maximum Gasteiger partial charge on any atom is 0.341 e. The van der Waals surface area contributed by atoms with Crippen molar-refractivity contribution < 1.29 is 14.6 Å². The molecule has 4 nitrogen and oxygen atoms in total. The van der Waals surface area contributed by atoms with Gasteiger partial charge in [-0.25, -0.2) is 4.79 Å². The number of carboxylic acids is 1. The lowest BCUT2D eigenvalue weighted by Gasteiger charge is -2.14. The maximum atomic E-state index is 10.6. The van der Waals surface area contributed by atoms with Crippen LogP contribution >= 0.6 is 0 Å². The number of rotatable bonds is 6. The SMILES string of the molecule is Cc1cc(OCC(=O)O)cc(C)c1Cc1ccnc(C(C)C)c1. The molecule has 0 saturated heterocycles. The molecule has 0 saturated carbocycles. The molecule has 0 aliphatic heterocycles. The molecule has 4 heteroatoms. The Labute approximate surface area is 137 Å². The Kier molecular flexibility index (Phi) is 5.37. The summed E-state index contributed by atoms with van der Waals surface area (Å²) in [7, 11) is 0. The summed E-state index contributed by atoms with van der Waals surface area (Å²) in [6.07, 6.45) is 2.69. The Bertz CT molecular complexity index is 685. The first-order valence-electron chi connectivity index (χ1n) is 7.76. The van der Waals surface area contributed by atoms with Crippen molar-refractivity contribution in [2.75, 3.05) is 6.61 Å². The van der Waals surface area contributed by atoms with Crippen molar-refractivity contribution in [3.63, 3.8) is 0 Å². The Morgan fingerprint density at radius 1 is 1.22 bits per heavy atom. The number of aryl methyl sites for hydroxylation is 2. The average Bonchev–Trinajstić information content (AvgIpc) is 2.49. The number of benzene rings is 1. The van der Waals surface area contributed by atoms with E-state index in [2.05, 4.69) is 24.9 Å². The van der Waals surface area contributed by atoms with Gasteiger partial charge in [0.05, 0.1) is 0 Å². The third-order valence-electron chi connectivity index (χ3n) is 3.85. The van der Waals surface area contributed by atoms with Crippen molar-refractivity contribution in [3.05, 3.63) is 58.4 Å². The van der Waals surface area contributed by atoms with E-state index in [1.54, 1.807) is 0 Å². The molecule has 0 radical (unpaired) electrons. The highest BCUT2D eigenvalue weighted by Gasteiger charge is 2.09. The first-order chi connectivity index (χ1) is 10.9. The quantitative estimate of drug-likeness (QED) is 0.879. The average molecular weight is 313 g/mol. The molecule has 0 amide bonds. The van der Waals surface area contributed by atoms with Gasteiger partial charge >= 0.3 is 5.97 Å². The minimum absolute atomic E-state index is 0.319. The third-order valence-corrected chi connectivity index (χ3v) is 3.85. The summed E-state index contributed by atoms with van der Waals surface area (Å²) < 4.78 is 5.28. The predicted octanol–water partition coefficient (Wildman–Crippen LogP) is 3.88. The monoisotopic (exact) mass is 313 g/mol. The van der Waals surface area contributed by atoms with Gasteiger partial charge < -0.3 is 9.84 Å². The second-order valence-electron chi connectivity index (χ2n) is 6.14. The lowest BCUT2D eigenvalue weighted by atomic mass is 9.95. The minimum atomic E-state index is -0.970. The second kappa shape index (κ2) is 7.27. The molecule has 23 heavy (non-hydrogen) atoms. The highest BCUT2D eigenvalue weighted by molar-refractivity contribution is 5.68. The molecular formula is C19H23NO3. The molecule has 1 N–H and O–H groups in total. The van der Waals surface area contributed by atoms with Gasteiger partial charge in [0.1, 0.15) is 5.75 Å². The van der Waals surface area contributed by atoms with Gasteiger partial charge in [0.2, 0.25) is 0 Å². The highest BCUT2D eigenvalue weighted by atomic mass is 16.5. The number of aliphatic carboxylic acids is 1. The van der Waals surface area contributed by atoms with Crippen LogP contribution in [0.1, 0.15) is 47.7 Å². The summed E-state index contributed by atoms with van der Waals surface area (Å²) >= 11 is 0. The number of carboxylic acid groups (broad SMARTS) is 1. The number of nitrogens with zero attached hydrogens (tertiary/aromatic N) is 1. The topological polar surface area (TPSA) is 59.4 Å². The fourth-order valence-corrected chi connectivity index (χ4v) is 2.59. The third kappa shape index (κ3) is 4.55. The van der Waals surface area contributed by atoms with Gasteiger partial charge in [0.15, 0.2) is 6.61 Å². The van der Waals surface area contributed by atoms with Crippen molar-refractivity contribution >= 4 is 5.97 Å². The van der Waals surface area contributed by atoms with Crippen LogP contribution in [0.25, 0.3) is 0 Å². The van der Waals surface area contributed by atoms with Crippen molar-refractivity contribution in [2.24, 2.45) is 0 Å². The molecule has 0 spiro atoms. The molecule has 1 aromatic heterocycles. The molecule has 0 aliphatic carbocycles. The van der Waals surface area contributed by atoms with Crippen molar-refractivity contribution in [1.82, 2.24) is 4.98 Å². The van der Waals surface area contributed by atoms with Crippen LogP contribution in [-0.4, -0.2) is 22.7 Å². The second-order valence-corrected chi connectivity index (χ2v) is 6.14.